The van der Waals surface area contributed by atoms with Crippen molar-refractivity contribution in [2.24, 2.45) is 0 Å². The first-order valence-corrected chi connectivity index (χ1v) is 8.67. The van der Waals surface area contributed by atoms with Gasteiger partial charge in [0.05, 0.1) is 11.0 Å². The lowest BCUT2D eigenvalue weighted by Crippen LogP contribution is -2.48. The predicted molar refractivity (Wildman–Crippen MR) is 83.4 cm³/mol. The van der Waals surface area contributed by atoms with Gasteiger partial charge in [0.2, 0.25) is 0 Å². The van der Waals surface area contributed by atoms with Gasteiger partial charge in [-0.1, -0.05) is 11.2 Å². The van der Waals surface area contributed by atoms with E-state index in [1.807, 2.05) is 0 Å². The second kappa shape index (κ2) is 6.41. The zero-order valence-corrected chi connectivity index (χ0v) is 13.8. The third kappa shape index (κ3) is 3.76. The Labute approximate surface area is 139 Å². The number of nitro benzene ring substituents is 1. The van der Waals surface area contributed by atoms with E-state index in [4.69, 9.17) is 0 Å². The van der Waals surface area contributed by atoms with Crippen LogP contribution >= 0.6 is 0 Å². The van der Waals surface area contributed by atoms with E-state index in [-0.39, 0.29) is 17.9 Å². The van der Waals surface area contributed by atoms with E-state index in [9.17, 15) is 32.9 Å². The Morgan fingerprint density at radius 3 is 2.58 bits per heavy atom. The molecule has 0 aliphatic carbocycles. The monoisotopic (exact) mass is 366 g/mol. The molecule has 1 aromatic rings. The number of anilines is 1. The number of rotatable bonds is 5. The van der Waals surface area contributed by atoms with E-state index < -0.39 is 45.2 Å². The minimum absolute atomic E-state index is 0.0383. The van der Waals surface area contributed by atoms with Crippen molar-refractivity contribution in [3.05, 3.63) is 33.4 Å². The van der Waals surface area contributed by atoms with Gasteiger partial charge >= 0.3 is 6.18 Å². The first kappa shape index (κ1) is 18.8. The zero-order chi connectivity index (χ0) is 18.3. The molecule has 1 aliphatic heterocycles. The molecule has 6 nitrogen and oxygen atoms in total. The molecular formula is C14H17F3N2O4S. The van der Waals surface area contributed by atoms with Crippen LogP contribution in [0.25, 0.3) is 0 Å². The second-order valence-corrected chi connectivity index (χ2v) is 7.66. The molecule has 0 radical (unpaired) electrons. The molecule has 0 spiro atoms. The predicted octanol–water partition coefficient (Wildman–Crippen LogP) is 2.47. The minimum atomic E-state index is -4.86. The molecule has 0 saturated heterocycles. The van der Waals surface area contributed by atoms with Crippen LogP contribution < -0.4 is 5.32 Å². The summed E-state index contributed by atoms with van der Waals surface area (Å²) in [5.74, 6) is 0.308. The maximum absolute atomic E-state index is 13.0. The summed E-state index contributed by atoms with van der Waals surface area (Å²) in [5, 5.41) is 24.2. The highest BCUT2D eigenvalue weighted by Crippen LogP contribution is 2.42. The first-order valence-electron chi connectivity index (χ1n) is 7.18. The molecule has 1 aliphatic rings. The fourth-order valence-electron chi connectivity index (χ4n) is 2.68. The molecule has 3 atom stereocenters. The molecule has 2 unspecified atom stereocenters. The van der Waals surface area contributed by atoms with Crippen molar-refractivity contribution in [2.45, 2.75) is 38.1 Å². The van der Waals surface area contributed by atoms with Gasteiger partial charge in [0.15, 0.2) is 0 Å². The van der Waals surface area contributed by atoms with E-state index in [0.717, 1.165) is 6.07 Å². The maximum atomic E-state index is 13.0. The first-order chi connectivity index (χ1) is 11.0. The molecule has 0 aromatic heterocycles. The Kier molecular flexibility index (Phi) is 5.03. The highest BCUT2D eigenvalue weighted by Gasteiger charge is 2.44. The van der Waals surface area contributed by atoms with Crippen molar-refractivity contribution in [1.82, 2.24) is 0 Å². The average Bonchev–Trinajstić information content (AvgIpc) is 2.88. The molecule has 0 fully saturated rings. The Balaban J connectivity index is 2.34. The number of halogens is 3. The Hall–Kier alpha value is -1.52. The Bertz CT molecular complexity index is 652. The number of fused-ring (bicyclic) bond motifs is 1. The van der Waals surface area contributed by atoms with Crippen molar-refractivity contribution < 1.29 is 27.8 Å². The van der Waals surface area contributed by atoms with Crippen molar-refractivity contribution in [1.29, 1.82) is 0 Å². The number of hydrogen-bond acceptors (Lipinski definition) is 5. The van der Waals surface area contributed by atoms with Gasteiger partial charge in [-0.25, -0.2) is 0 Å². The van der Waals surface area contributed by atoms with E-state index in [1.165, 1.54) is 6.92 Å². The van der Waals surface area contributed by atoms with Gasteiger partial charge in [0.1, 0.15) is 22.7 Å². The summed E-state index contributed by atoms with van der Waals surface area (Å²) < 4.78 is 50.7. The van der Waals surface area contributed by atoms with Gasteiger partial charge in [0.25, 0.3) is 5.69 Å². The summed E-state index contributed by atoms with van der Waals surface area (Å²) in [7, 11) is 0. The SMILES string of the molecule is CC[S+]([O-])C[C@](C)(O)C1Cc2cc([N+](=O)[O-])c(C(F)(F)F)cc2N1. The number of benzene rings is 1. The third-order valence-electron chi connectivity index (χ3n) is 4.00. The van der Waals surface area contributed by atoms with Gasteiger partial charge in [-0.05, 0) is 31.9 Å². The molecule has 1 aromatic carbocycles. The van der Waals surface area contributed by atoms with Crippen molar-refractivity contribution in [3.63, 3.8) is 0 Å². The summed E-state index contributed by atoms with van der Waals surface area (Å²) >= 11 is -1.27. The maximum Gasteiger partial charge on any atom is 0.423 e. The van der Waals surface area contributed by atoms with Crippen LogP contribution in [0.3, 0.4) is 0 Å². The molecule has 0 amide bonds. The lowest BCUT2D eigenvalue weighted by atomic mass is 9.95. The molecule has 1 heterocycles. The van der Waals surface area contributed by atoms with Crippen LogP contribution in [0.1, 0.15) is 25.0 Å². The Morgan fingerprint density at radius 1 is 1.46 bits per heavy atom. The lowest BCUT2D eigenvalue weighted by molar-refractivity contribution is -0.388. The topological polar surface area (TPSA) is 98.5 Å². The third-order valence-corrected chi connectivity index (χ3v) is 5.55. The van der Waals surface area contributed by atoms with Crippen molar-refractivity contribution >= 4 is 22.6 Å². The number of nitrogens with zero attached hydrogens (tertiary/aromatic N) is 1. The molecule has 2 N–H and O–H groups in total. The summed E-state index contributed by atoms with van der Waals surface area (Å²) in [6.07, 6.45) is -4.74. The number of alkyl halides is 3. The average molecular weight is 366 g/mol. The molecule has 0 bridgehead atoms. The smallest absolute Gasteiger partial charge is 0.423 e. The van der Waals surface area contributed by atoms with Gasteiger partial charge in [-0.3, -0.25) is 10.1 Å². The largest absolute Gasteiger partial charge is 0.616 e. The van der Waals surface area contributed by atoms with Crippen LogP contribution in [-0.2, 0) is 23.8 Å². The lowest BCUT2D eigenvalue weighted by Gasteiger charge is -2.30. The van der Waals surface area contributed by atoms with Crippen LogP contribution in [0.2, 0.25) is 0 Å². The Morgan fingerprint density at radius 2 is 2.08 bits per heavy atom. The summed E-state index contributed by atoms with van der Waals surface area (Å²) in [6.45, 7) is 3.14. The number of hydrogen-bond donors (Lipinski definition) is 2. The van der Waals surface area contributed by atoms with Gasteiger partial charge in [0, 0.05) is 11.8 Å². The number of nitrogens with one attached hydrogen (secondary N) is 1. The highest BCUT2D eigenvalue weighted by molar-refractivity contribution is 7.91. The van der Waals surface area contributed by atoms with Crippen LogP contribution in [0, 0.1) is 10.1 Å². The van der Waals surface area contributed by atoms with E-state index in [2.05, 4.69) is 5.32 Å². The summed E-state index contributed by atoms with van der Waals surface area (Å²) in [6, 6.07) is 0.907. The van der Waals surface area contributed by atoms with Crippen LogP contribution in [0.4, 0.5) is 24.5 Å². The van der Waals surface area contributed by atoms with E-state index in [1.54, 1.807) is 6.92 Å². The van der Waals surface area contributed by atoms with Crippen LogP contribution in [0.5, 0.6) is 0 Å². The van der Waals surface area contributed by atoms with Crippen molar-refractivity contribution in [2.75, 3.05) is 16.8 Å². The molecule has 2 rings (SSSR count). The second-order valence-electron chi connectivity index (χ2n) is 5.91. The van der Waals surface area contributed by atoms with Crippen LogP contribution in [-0.4, -0.2) is 37.7 Å². The highest BCUT2D eigenvalue weighted by atomic mass is 32.2. The van der Waals surface area contributed by atoms with Gasteiger partial charge in [-0.2, -0.15) is 13.2 Å². The fraction of sp³-hybridized carbons (Fsp3) is 0.571. The quantitative estimate of drug-likeness (QED) is 0.474. The zero-order valence-electron chi connectivity index (χ0n) is 13.0. The number of nitro groups is 1. The molecule has 24 heavy (non-hydrogen) atoms. The van der Waals surface area contributed by atoms with E-state index >= 15 is 0 Å². The van der Waals surface area contributed by atoms with E-state index in [0.29, 0.717) is 17.4 Å². The molecular weight excluding hydrogens is 349 g/mol. The molecule has 10 heteroatoms. The van der Waals surface area contributed by atoms with Crippen LogP contribution in [0.15, 0.2) is 12.1 Å². The molecule has 134 valence electrons. The van der Waals surface area contributed by atoms with Gasteiger partial charge in [-0.15, -0.1) is 0 Å². The van der Waals surface area contributed by atoms with Crippen molar-refractivity contribution in [3.8, 4) is 0 Å². The number of aliphatic hydroxyl groups is 1. The normalized spacial score (nSPS) is 20.9. The summed E-state index contributed by atoms with van der Waals surface area (Å²) in [4.78, 5) is 9.86. The standard InChI is InChI=1S/C14H17F3N2O4S/c1-3-24(23)7-13(2,20)12-5-8-4-11(19(21)22)9(14(15,16)17)6-10(8)18-12/h4,6,12,18,20H,3,5,7H2,1-2H3/t12?,13-,24?/m0/s1. The summed E-state index contributed by atoms with van der Waals surface area (Å²) in [5.41, 5.74) is -3.35. The van der Waals surface area contributed by atoms with Gasteiger partial charge < -0.3 is 15.0 Å². The molecule has 0 saturated carbocycles. The minimum Gasteiger partial charge on any atom is -0.616 e. The fourth-order valence-corrected chi connectivity index (χ4v) is 3.73.